The summed E-state index contributed by atoms with van der Waals surface area (Å²) < 4.78 is 17.0. The van der Waals surface area contributed by atoms with E-state index in [0.717, 1.165) is 0 Å². The Kier molecular flexibility index (Phi) is 5.51. The number of ether oxygens (including phenoxy) is 3. The van der Waals surface area contributed by atoms with Gasteiger partial charge in [0, 0.05) is 26.4 Å². The quantitative estimate of drug-likeness (QED) is 0.300. The Morgan fingerprint density at radius 1 is 1.19 bits per heavy atom. The molecule has 0 aromatic carbocycles. The van der Waals surface area contributed by atoms with Gasteiger partial charge in [-0.1, -0.05) is 13.5 Å². The highest BCUT2D eigenvalue weighted by Crippen LogP contribution is 2.68. The van der Waals surface area contributed by atoms with Gasteiger partial charge in [-0.15, -0.1) is 0 Å². The van der Waals surface area contributed by atoms with Crippen molar-refractivity contribution in [3.8, 4) is 0 Å². The molecule has 4 rings (SSSR count). The van der Waals surface area contributed by atoms with Crippen molar-refractivity contribution in [2.75, 3.05) is 19.8 Å². The molecule has 1 saturated heterocycles. The molecule has 2 bridgehead atoms. The Morgan fingerprint density at radius 3 is 2.53 bits per heavy atom. The van der Waals surface area contributed by atoms with Crippen LogP contribution < -0.4 is 0 Å². The fraction of sp³-hybridized carbons (Fsp3) is 0.750. The first-order valence-corrected chi connectivity index (χ1v) is 11.3. The molecule has 3 saturated carbocycles. The van der Waals surface area contributed by atoms with Crippen molar-refractivity contribution >= 4 is 23.7 Å². The van der Waals surface area contributed by atoms with Gasteiger partial charge >= 0.3 is 17.9 Å². The smallest absolute Gasteiger partial charge is 0.320 e. The van der Waals surface area contributed by atoms with E-state index in [1.807, 2.05) is 6.92 Å². The number of hydrogen-bond acceptors (Lipinski definition) is 8. The third-order valence-electron chi connectivity index (χ3n) is 8.81. The fourth-order valence-corrected chi connectivity index (χ4v) is 7.29. The molecule has 4 aliphatic rings. The highest BCUT2D eigenvalue weighted by Gasteiger charge is 2.74. The Morgan fingerprint density at radius 2 is 1.91 bits per heavy atom. The van der Waals surface area contributed by atoms with Crippen molar-refractivity contribution in [1.82, 2.24) is 0 Å². The number of aliphatic hydroxyl groups is 1. The second kappa shape index (κ2) is 7.68. The van der Waals surface area contributed by atoms with E-state index in [1.165, 1.54) is 13.8 Å². The van der Waals surface area contributed by atoms with Gasteiger partial charge in [0.05, 0.1) is 12.0 Å². The molecule has 0 unspecified atom stereocenters. The maximum atomic E-state index is 13.5. The molecule has 0 aromatic rings. The Bertz CT molecular complexity index is 879. The van der Waals surface area contributed by atoms with Crippen LogP contribution in [0.3, 0.4) is 0 Å². The van der Waals surface area contributed by atoms with Crippen LogP contribution in [-0.4, -0.2) is 54.7 Å². The number of fused-ring (bicyclic) bond motifs is 2. The largest absolute Gasteiger partial charge is 0.466 e. The van der Waals surface area contributed by atoms with Crippen LogP contribution in [0.2, 0.25) is 0 Å². The van der Waals surface area contributed by atoms with Gasteiger partial charge in [0.25, 0.3) is 0 Å². The summed E-state index contributed by atoms with van der Waals surface area (Å²) in [5.74, 6) is -2.75. The molecular weight excluding hydrogens is 416 g/mol. The van der Waals surface area contributed by atoms with E-state index in [4.69, 9.17) is 14.2 Å². The van der Waals surface area contributed by atoms with E-state index in [2.05, 4.69) is 6.58 Å². The predicted octanol–water partition coefficient (Wildman–Crippen LogP) is 1.97. The third-order valence-corrected chi connectivity index (χ3v) is 8.81. The summed E-state index contributed by atoms with van der Waals surface area (Å²) in [5.41, 5.74) is -2.54. The minimum atomic E-state index is -1.36. The van der Waals surface area contributed by atoms with E-state index in [9.17, 15) is 24.3 Å². The van der Waals surface area contributed by atoms with Gasteiger partial charge in [0.15, 0.2) is 5.78 Å². The number of carbonyl (C=O) groups excluding carboxylic acids is 4. The molecule has 0 amide bonds. The van der Waals surface area contributed by atoms with Crippen molar-refractivity contribution in [3.63, 3.8) is 0 Å². The minimum absolute atomic E-state index is 0.0210. The number of allylic oxidation sites excluding steroid dienone is 1. The van der Waals surface area contributed by atoms with Gasteiger partial charge in [-0.2, -0.15) is 0 Å². The van der Waals surface area contributed by atoms with Gasteiger partial charge in [-0.05, 0) is 54.9 Å². The van der Waals surface area contributed by atoms with E-state index in [-0.39, 0.29) is 31.5 Å². The predicted molar refractivity (Wildman–Crippen MR) is 111 cm³/mol. The van der Waals surface area contributed by atoms with Gasteiger partial charge < -0.3 is 19.3 Å². The van der Waals surface area contributed by atoms with E-state index in [0.29, 0.717) is 37.7 Å². The zero-order valence-electron chi connectivity index (χ0n) is 19.0. The molecule has 8 heteroatoms. The molecule has 3 aliphatic carbocycles. The monoisotopic (exact) mass is 448 g/mol. The van der Waals surface area contributed by atoms with Crippen LogP contribution >= 0.6 is 0 Å². The fourth-order valence-electron chi connectivity index (χ4n) is 7.29. The molecule has 0 aromatic heterocycles. The van der Waals surface area contributed by atoms with Crippen molar-refractivity contribution in [2.24, 2.45) is 34.0 Å². The number of rotatable bonds is 4. The van der Waals surface area contributed by atoms with Crippen LogP contribution in [0.15, 0.2) is 12.2 Å². The third kappa shape index (κ3) is 2.98. The molecule has 1 heterocycles. The lowest BCUT2D eigenvalue weighted by Gasteiger charge is -2.63. The second-order valence-corrected chi connectivity index (χ2v) is 10.3. The zero-order valence-corrected chi connectivity index (χ0v) is 19.0. The Labute approximate surface area is 187 Å². The van der Waals surface area contributed by atoms with Crippen LogP contribution in [0.4, 0.5) is 0 Å². The van der Waals surface area contributed by atoms with Gasteiger partial charge in [0.2, 0.25) is 0 Å². The molecule has 1 N–H and O–H groups in total. The second-order valence-electron chi connectivity index (χ2n) is 10.3. The summed E-state index contributed by atoms with van der Waals surface area (Å²) in [6, 6.07) is 0. The molecular formula is C24H32O8. The number of hydrogen-bond donors (Lipinski definition) is 1. The first kappa shape index (κ1) is 23.0. The number of esters is 3. The first-order valence-electron chi connectivity index (χ1n) is 11.3. The van der Waals surface area contributed by atoms with Crippen LogP contribution in [-0.2, 0) is 33.4 Å². The molecule has 0 radical (unpaired) electrons. The lowest BCUT2D eigenvalue weighted by molar-refractivity contribution is -0.253. The average Bonchev–Trinajstić information content (AvgIpc) is 2.93. The SMILES string of the molecule is C=C1C(=O)[C@]23C[C@H]1CC[C@H]2[C@]1(COC3=O)[C@@H](OC(C)=O)CC[C@@](C)(CO)[C@H]1COC(C)=O. The van der Waals surface area contributed by atoms with Crippen molar-refractivity contribution < 1.29 is 38.5 Å². The van der Waals surface area contributed by atoms with Crippen LogP contribution in [0.5, 0.6) is 0 Å². The maximum absolute atomic E-state index is 13.5. The molecule has 2 spiro atoms. The summed E-state index contributed by atoms with van der Waals surface area (Å²) in [5, 5.41) is 10.4. The maximum Gasteiger partial charge on any atom is 0.320 e. The summed E-state index contributed by atoms with van der Waals surface area (Å²) in [4.78, 5) is 50.5. The van der Waals surface area contributed by atoms with E-state index < -0.39 is 52.1 Å². The highest BCUT2D eigenvalue weighted by molar-refractivity contribution is 6.15. The number of aliphatic hydroxyl groups excluding tert-OH is 1. The normalized spacial score (nSPS) is 42.9. The van der Waals surface area contributed by atoms with Crippen LogP contribution in [0, 0.1) is 34.0 Å². The molecule has 32 heavy (non-hydrogen) atoms. The molecule has 1 aliphatic heterocycles. The first-order chi connectivity index (χ1) is 15.0. The summed E-state index contributed by atoms with van der Waals surface area (Å²) in [6.45, 7) is 8.28. The topological polar surface area (TPSA) is 116 Å². The van der Waals surface area contributed by atoms with Gasteiger partial charge in [-0.3, -0.25) is 19.2 Å². The lowest BCUT2D eigenvalue weighted by atomic mass is 9.43. The van der Waals surface area contributed by atoms with E-state index in [1.54, 1.807) is 0 Å². The molecule has 176 valence electrons. The minimum Gasteiger partial charge on any atom is -0.466 e. The molecule has 7 atom stereocenters. The summed E-state index contributed by atoms with van der Waals surface area (Å²) in [6.07, 6.45) is 1.98. The Balaban J connectivity index is 1.91. The Hall–Kier alpha value is -2.22. The van der Waals surface area contributed by atoms with Crippen molar-refractivity contribution in [1.29, 1.82) is 0 Å². The van der Waals surface area contributed by atoms with Gasteiger partial charge in [0.1, 0.15) is 18.1 Å². The molecule has 4 fully saturated rings. The number of carbonyl (C=O) groups is 4. The standard InChI is InChI=1S/C24H32O8/c1-13-16-5-6-17-23(9-16,20(13)28)21(29)31-12-24(17)18(10-30-14(2)26)22(4,11-25)8-7-19(24)32-15(3)27/h16-19,25H,1,5-12H2,2-4H3/t16-,17-,18-,19+,22+,23+,24+/m1/s1. The summed E-state index contributed by atoms with van der Waals surface area (Å²) in [7, 11) is 0. The highest BCUT2D eigenvalue weighted by atomic mass is 16.6. The van der Waals surface area contributed by atoms with E-state index >= 15 is 0 Å². The van der Waals surface area contributed by atoms with Crippen molar-refractivity contribution in [2.45, 2.75) is 59.0 Å². The van der Waals surface area contributed by atoms with Crippen LogP contribution in [0.1, 0.15) is 52.9 Å². The van der Waals surface area contributed by atoms with Crippen LogP contribution in [0.25, 0.3) is 0 Å². The average molecular weight is 449 g/mol. The zero-order chi connectivity index (χ0) is 23.5. The number of ketones is 1. The lowest BCUT2D eigenvalue weighted by Crippen LogP contribution is -2.69. The number of cyclic esters (lactones) is 1. The summed E-state index contributed by atoms with van der Waals surface area (Å²) >= 11 is 0. The van der Waals surface area contributed by atoms with Crippen molar-refractivity contribution in [3.05, 3.63) is 12.2 Å². The van der Waals surface area contributed by atoms with Gasteiger partial charge in [-0.25, -0.2) is 0 Å². The molecule has 8 nitrogen and oxygen atoms in total. The number of Topliss-reactive ketones (excluding diaryl/α,β-unsaturated/α-hetero) is 1.